The Kier molecular flexibility index (Phi) is 2.31. The summed E-state index contributed by atoms with van der Waals surface area (Å²) in [5.74, 6) is 0. The second-order valence-corrected chi connectivity index (χ2v) is 5.63. The van der Waals surface area contributed by atoms with Gasteiger partial charge in [0.2, 0.25) is 0 Å². The van der Waals surface area contributed by atoms with Gasteiger partial charge in [-0.05, 0) is 17.5 Å². The summed E-state index contributed by atoms with van der Waals surface area (Å²) < 4.78 is 0. The quantitative estimate of drug-likeness (QED) is 0.660. The van der Waals surface area contributed by atoms with Crippen molar-refractivity contribution in [2.24, 2.45) is 4.99 Å². The Morgan fingerprint density at radius 2 is 2.07 bits per heavy atom. The minimum atomic E-state index is 0.256. The number of hydrogen-bond donors (Lipinski definition) is 0. The van der Waals surface area contributed by atoms with E-state index in [1.807, 2.05) is 17.6 Å². The molecule has 0 fully saturated rings. The minimum absolute atomic E-state index is 0.256. The molecule has 0 amide bonds. The van der Waals surface area contributed by atoms with Crippen LogP contribution in [0, 0.1) is 0 Å². The van der Waals surface area contributed by atoms with E-state index in [0.29, 0.717) is 0 Å². The molecule has 0 aromatic carbocycles. The highest BCUT2D eigenvalue weighted by atomic mass is 32.1. The van der Waals surface area contributed by atoms with Crippen molar-refractivity contribution in [3.8, 4) is 0 Å². The number of aliphatic imine (C=N–C) groups is 1. The third-order valence-corrected chi connectivity index (χ3v) is 3.78. The Bertz CT molecular complexity index is 391. The van der Waals surface area contributed by atoms with Crippen LogP contribution in [0.3, 0.4) is 0 Å². The van der Waals surface area contributed by atoms with E-state index in [9.17, 15) is 0 Å². The molecule has 0 bridgehead atoms. The summed E-state index contributed by atoms with van der Waals surface area (Å²) in [6.45, 7) is 6.73. The minimum Gasteiger partial charge on any atom is -0.260 e. The molecule has 0 saturated carbocycles. The highest BCUT2D eigenvalue weighted by molar-refractivity contribution is 7.13. The summed E-state index contributed by atoms with van der Waals surface area (Å²) >= 11 is 1.86. The lowest BCUT2D eigenvalue weighted by molar-refractivity contribution is 0.604. The Balaban J connectivity index is 2.30. The molecule has 0 saturated heterocycles. The number of thiophene rings is 1. The van der Waals surface area contributed by atoms with Crippen LogP contribution >= 0.6 is 11.3 Å². The van der Waals surface area contributed by atoms with Crippen LogP contribution < -0.4 is 0 Å². The van der Waals surface area contributed by atoms with Gasteiger partial charge in [0, 0.05) is 17.5 Å². The molecule has 0 N–H and O–H groups in total. The molecule has 0 spiro atoms. The first-order valence-corrected chi connectivity index (χ1v) is 5.72. The summed E-state index contributed by atoms with van der Waals surface area (Å²) in [5, 5.41) is 0. The average molecular weight is 205 g/mol. The summed E-state index contributed by atoms with van der Waals surface area (Å²) in [7, 11) is 0. The first kappa shape index (κ1) is 9.66. The molecule has 1 nitrogen and oxygen atoms in total. The van der Waals surface area contributed by atoms with Crippen molar-refractivity contribution in [2.75, 3.05) is 0 Å². The topological polar surface area (TPSA) is 12.4 Å². The van der Waals surface area contributed by atoms with Crippen molar-refractivity contribution in [3.63, 3.8) is 0 Å². The van der Waals surface area contributed by atoms with Gasteiger partial charge >= 0.3 is 0 Å². The lowest BCUT2D eigenvalue weighted by Crippen LogP contribution is -2.07. The van der Waals surface area contributed by atoms with Crippen molar-refractivity contribution < 1.29 is 0 Å². The highest BCUT2D eigenvalue weighted by Crippen LogP contribution is 2.33. The van der Waals surface area contributed by atoms with E-state index in [4.69, 9.17) is 0 Å². The van der Waals surface area contributed by atoms with Crippen LogP contribution in [0.1, 0.15) is 36.9 Å². The van der Waals surface area contributed by atoms with Crippen molar-refractivity contribution in [1.29, 1.82) is 0 Å². The van der Waals surface area contributed by atoms with Gasteiger partial charge in [-0.15, -0.1) is 11.3 Å². The first-order valence-electron chi connectivity index (χ1n) is 4.91. The zero-order valence-electron chi connectivity index (χ0n) is 8.87. The van der Waals surface area contributed by atoms with E-state index in [1.165, 1.54) is 9.75 Å². The SMILES string of the molecule is CC(C)(C)c1ccc(C2=CCC=N2)s1. The molecule has 0 aliphatic carbocycles. The Labute approximate surface area is 89.2 Å². The normalized spacial score (nSPS) is 16.1. The first-order chi connectivity index (χ1) is 6.57. The molecule has 2 heterocycles. The van der Waals surface area contributed by atoms with Crippen LogP contribution in [0.25, 0.3) is 5.70 Å². The predicted octanol–water partition coefficient (Wildman–Crippen LogP) is 3.86. The van der Waals surface area contributed by atoms with Gasteiger partial charge in [0.1, 0.15) is 0 Å². The number of nitrogens with zero attached hydrogens (tertiary/aromatic N) is 1. The molecule has 0 unspecified atom stereocenters. The molecular formula is C12H15NS. The Hall–Kier alpha value is -0.890. The largest absolute Gasteiger partial charge is 0.260 e. The van der Waals surface area contributed by atoms with Crippen LogP contribution in [-0.2, 0) is 5.41 Å². The standard InChI is InChI=1S/C12H15NS/c1-12(2,3)11-7-6-10(14-11)9-5-4-8-13-9/h5-8H,4H2,1-3H3. The van der Waals surface area contributed by atoms with E-state index in [1.54, 1.807) is 0 Å². The second kappa shape index (κ2) is 3.35. The van der Waals surface area contributed by atoms with E-state index in [-0.39, 0.29) is 5.41 Å². The van der Waals surface area contributed by atoms with Gasteiger partial charge < -0.3 is 0 Å². The zero-order valence-corrected chi connectivity index (χ0v) is 9.69. The van der Waals surface area contributed by atoms with Gasteiger partial charge in [0.15, 0.2) is 0 Å². The molecule has 0 atom stereocenters. The maximum atomic E-state index is 4.35. The number of rotatable bonds is 1. The van der Waals surface area contributed by atoms with E-state index in [2.05, 4.69) is 44.0 Å². The van der Waals surface area contributed by atoms with Gasteiger partial charge in [-0.3, -0.25) is 4.99 Å². The number of hydrogen-bond acceptors (Lipinski definition) is 2. The van der Waals surface area contributed by atoms with Crippen LogP contribution in [0.4, 0.5) is 0 Å². The maximum absolute atomic E-state index is 4.35. The molecule has 74 valence electrons. The van der Waals surface area contributed by atoms with E-state index < -0.39 is 0 Å². The van der Waals surface area contributed by atoms with E-state index in [0.717, 1.165) is 12.1 Å². The zero-order chi connectivity index (χ0) is 10.2. The fraction of sp³-hybridized carbons (Fsp3) is 0.417. The smallest absolute Gasteiger partial charge is 0.0761 e. The fourth-order valence-electron chi connectivity index (χ4n) is 1.41. The predicted molar refractivity (Wildman–Crippen MR) is 64.1 cm³/mol. The van der Waals surface area contributed by atoms with Crippen molar-refractivity contribution >= 4 is 23.2 Å². The third kappa shape index (κ3) is 1.80. The van der Waals surface area contributed by atoms with Crippen molar-refractivity contribution in [2.45, 2.75) is 32.6 Å². The lowest BCUT2D eigenvalue weighted by Gasteiger charge is -2.15. The Morgan fingerprint density at radius 1 is 1.29 bits per heavy atom. The van der Waals surface area contributed by atoms with Gasteiger partial charge in [0.05, 0.1) is 10.6 Å². The average Bonchev–Trinajstić information content (AvgIpc) is 2.73. The van der Waals surface area contributed by atoms with Crippen LogP contribution in [0.15, 0.2) is 23.2 Å². The third-order valence-electron chi connectivity index (χ3n) is 2.24. The molecule has 14 heavy (non-hydrogen) atoms. The summed E-state index contributed by atoms with van der Waals surface area (Å²) in [4.78, 5) is 7.07. The fourth-order valence-corrected chi connectivity index (χ4v) is 2.47. The molecule has 2 heteroatoms. The lowest BCUT2D eigenvalue weighted by atomic mass is 9.95. The Morgan fingerprint density at radius 3 is 2.57 bits per heavy atom. The van der Waals surface area contributed by atoms with Crippen molar-refractivity contribution in [1.82, 2.24) is 0 Å². The maximum Gasteiger partial charge on any atom is 0.0761 e. The van der Waals surface area contributed by atoms with E-state index >= 15 is 0 Å². The number of allylic oxidation sites excluding steroid dienone is 1. The molecule has 1 aliphatic heterocycles. The van der Waals surface area contributed by atoms with Crippen molar-refractivity contribution in [3.05, 3.63) is 28.0 Å². The molecule has 1 aromatic heterocycles. The molecule has 0 radical (unpaired) electrons. The molecule has 1 aliphatic rings. The van der Waals surface area contributed by atoms with Gasteiger partial charge in [-0.25, -0.2) is 0 Å². The van der Waals surface area contributed by atoms with Gasteiger partial charge in [0.25, 0.3) is 0 Å². The monoisotopic (exact) mass is 205 g/mol. The second-order valence-electron chi connectivity index (χ2n) is 4.55. The van der Waals surface area contributed by atoms with Gasteiger partial charge in [-0.2, -0.15) is 0 Å². The summed E-state index contributed by atoms with van der Waals surface area (Å²) in [6, 6.07) is 4.40. The highest BCUT2D eigenvalue weighted by Gasteiger charge is 2.17. The molecular weight excluding hydrogens is 190 g/mol. The summed E-state index contributed by atoms with van der Waals surface area (Å²) in [6.07, 6.45) is 5.13. The van der Waals surface area contributed by atoms with Crippen LogP contribution in [0.5, 0.6) is 0 Å². The van der Waals surface area contributed by atoms with Crippen LogP contribution in [0.2, 0.25) is 0 Å². The van der Waals surface area contributed by atoms with Crippen LogP contribution in [-0.4, -0.2) is 6.21 Å². The summed E-state index contributed by atoms with van der Waals surface area (Å²) in [5.41, 5.74) is 1.40. The van der Waals surface area contributed by atoms with Gasteiger partial charge in [-0.1, -0.05) is 26.8 Å². The molecule has 2 rings (SSSR count). The molecule has 1 aromatic rings.